The minimum atomic E-state index is -0.556. The summed E-state index contributed by atoms with van der Waals surface area (Å²) in [6.45, 7) is 1.34. The van der Waals surface area contributed by atoms with Gasteiger partial charge in [-0.1, -0.05) is 34.1 Å². The molecule has 0 aliphatic carbocycles. The van der Waals surface area contributed by atoms with Crippen molar-refractivity contribution in [1.82, 2.24) is 5.32 Å². The zero-order valence-corrected chi connectivity index (χ0v) is 17.0. The van der Waals surface area contributed by atoms with Crippen LogP contribution in [-0.2, 0) is 19.1 Å². The average Bonchev–Trinajstić information content (AvgIpc) is 2.68. The van der Waals surface area contributed by atoms with Crippen LogP contribution >= 0.6 is 15.9 Å². The molecule has 0 atom stereocenters. The third-order valence-corrected chi connectivity index (χ3v) is 4.08. The highest BCUT2D eigenvalue weighted by atomic mass is 79.9. The van der Waals surface area contributed by atoms with Crippen molar-refractivity contribution >= 4 is 39.4 Å². The standard InChI is InChI=1S/C20H21BrN2O5/c1-14-11-15(21)7-8-17(14)23-18(24)12-22-19(25)13-28-20(26)9-10-27-16-5-3-2-4-6-16/h2-8,11H,9-10,12-13H2,1H3,(H,22,25)(H,23,24). The fourth-order valence-electron chi connectivity index (χ4n) is 2.18. The first-order chi connectivity index (χ1) is 13.4. The van der Waals surface area contributed by atoms with Gasteiger partial charge in [-0.15, -0.1) is 0 Å². The molecule has 0 aliphatic rings. The number of benzene rings is 2. The maximum absolute atomic E-state index is 11.9. The number of hydrogen-bond donors (Lipinski definition) is 2. The molecule has 0 aromatic heterocycles. The van der Waals surface area contributed by atoms with E-state index in [9.17, 15) is 14.4 Å². The molecular weight excluding hydrogens is 428 g/mol. The van der Waals surface area contributed by atoms with Crippen LogP contribution in [0, 0.1) is 6.92 Å². The number of para-hydroxylation sites is 1. The van der Waals surface area contributed by atoms with E-state index in [0.717, 1.165) is 10.0 Å². The van der Waals surface area contributed by atoms with Crippen molar-refractivity contribution in [3.8, 4) is 5.75 Å². The summed E-state index contributed by atoms with van der Waals surface area (Å²) in [5.41, 5.74) is 1.55. The quantitative estimate of drug-likeness (QED) is 0.575. The molecule has 0 radical (unpaired) electrons. The van der Waals surface area contributed by atoms with E-state index in [1.54, 1.807) is 18.2 Å². The van der Waals surface area contributed by atoms with Gasteiger partial charge in [-0.25, -0.2) is 0 Å². The van der Waals surface area contributed by atoms with Gasteiger partial charge >= 0.3 is 5.97 Å². The monoisotopic (exact) mass is 448 g/mol. The predicted octanol–water partition coefficient (Wildman–Crippen LogP) is 2.82. The number of carbonyl (C=O) groups excluding carboxylic acids is 3. The smallest absolute Gasteiger partial charge is 0.309 e. The van der Waals surface area contributed by atoms with Crippen LogP contribution in [-0.4, -0.2) is 37.5 Å². The van der Waals surface area contributed by atoms with Crippen LogP contribution in [0.3, 0.4) is 0 Å². The van der Waals surface area contributed by atoms with Gasteiger partial charge in [0.2, 0.25) is 5.91 Å². The van der Waals surface area contributed by atoms with Gasteiger partial charge in [-0.3, -0.25) is 14.4 Å². The predicted molar refractivity (Wildman–Crippen MR) is 108 cm³/mol. The van der Waals surface area contributed by atoms with E-state index in [1.807, 2.05) is 37.3 Å². The van der Waals surface area contributed by atoms with Crippen molar-refractivity contribution in [3.63, 3.8) is 0 Å². The number of amides is 2. The van der Waals surface area contributed by atoms with Crippen molar-refractivity contribution in [1.29, 1.82) is 0 Å². The summed E-state index contributed by atoms with van der Waals surface area (Å²) in [5.74, 6) is -0.831. The Morgan fingerprint density at radius 3 is 2.50 bits per heavy atom. The average molecular weight is 449 g/mol. The van der Waals surface area contributed by atoms with Crippen molar-refractivity contribution in [2.75, 3.05) is 25.1 Å². The Bertz CT molecular complexity index is 827. The number of carbonyl (C=O) groups is 3. The molecule has 148 valence electrons. The lowest BCUT2D eigenvalue weighted by Crippen LogP contribution is -2.35. The highest BCUT2D eigenvalue weighted by molar-refractivity contribution is 9.10. The zero-order chi connectivity index (χ0) is 20.4. The maximum Gasteiger partial charge on any atom is 0.309 e. The number of anilines is 1. The molecule has 2 aromatic rings. The SMILES string of the molecule is Cc1cc(Br)ccc1NC(=O)CNC(=O)COC(=O)CCOc1ccccc1. The van der Waals surface area contributed by atoms with Crippen molar-refractivity contribution in [3.05, 3.63) is 58.6 Å². The van der Waals surface area contributed by atoms with Gasteiger partial charge in [0.05, 0.1) is 19.6 Å². The van der Waals surface area contributed by atoms with Crippen molar-refractivity contribution in [2.24, 2.45) is 0 Å². The second kappa shape index (κ2) is 11.1. The van der Waals surface area contributed by atoms with E-state index in [2.05, 4.69) is 26.6 Å². The normalized spacial score (nSPS) is 10.1. The summed E-state index contributed by atoms with van der Waals surface area (Å²) in [6.07, 6.45) is 0.0193. The summed E-state index contributed by atoms with van der Waals surface area (Å²) in [4.78, 5) is 35.2. The minimum absolute atomic E-state index is 0.0193. The summed E-state index contributed by atoms with van der Waals surface area (Å²) in [5, 5.41) is 5.10. The first-order valence-corrected chi connectivity index (χ1v) is 9.39. The molecule has 0 aliphatic heterocycles. The van der Waals surface area contributed by atoms with Crippen molar-refractivity contribution in [2.45, 2.75) is 13.3 Å². The molecule has 0 saturated heterocycles. The van der Waals surface area contributed by atoms with Crippen LogP contribution in [0.25, 0.3) is 0 Å². The second-order valence-electron chi connectivity index (χ2n) is 5.86. The number of esters is 1. The van der Waals surface area contributed by atoms with Crippen LogP contribution in [0.2, 0.25) is 0 Å². The molecular formula is C20H21BrN2O5. The highest BCUT2D eigenvalue weighted by Gasteiger charge is 2.10. The van der Waals surface area contributed by atoms with E-state index < -0.39 is 18.5 Å². The van der Waals surface area contributed by atoms with Crippen LogP contribution in [0.15, 0.2) is 53.0 Å². The summed E-state index contributed by atoms with van der Waals surface area (Å²) in [6, 6.07) is 14.5. The third-order valence-electron chi connectivity index (χ3n) is 3.59. The van der Waals surface area contributed by atoms with Gasteiger partial charge in [0.1, 0.15) is 5.75 Å². The zero-order valence-electron chi connectivity index (χ0n) is 15.4. The number of halogens is 1. The van der Waals surface area contributed by atoms with E-state index in [4.69, 9.17) is 9.47 Å². The Balaban J connectivity index is 1.61. The Morgan fingerprint density at radius 2 is 1.79 bits per heavy atom. The first-order valence-electron chi connectivity index (χ1n) is 8.60. The van der Waals surface area contributed by atoms with Gasteiger partial charge in [-0.2, -0.15) is 0 Å². The molecule has 0 unspecified atom stereocenters. The molecule has 0 saturated carbocycles. The molecule has 0 spiro atoms. The van der Waals surface area contributed by atoms with Crippen LogP contribution in [0.4, 0.5) is 5.69 Å². The highest BCUT2D eigenvalue weighted by Crippen LogP contribution is 2.19. The molecule has 7 nitrogen and oxygen atoms in total. The molecule has 28 heavy (non-hydrogen) atoms. The van der Waals surface area contributed by atoms with Crippen LogP contribution in [0.5, 0.6) is 5.75 Å². The molecule has 2 rings (SSSR count). The fourth-order valence-corrected chi connectivity index (χ4v) is 2.65. The topological polar surface area (TPSA) is 93.7 Å². The molecule has 0 bridgehead atoms. The van der Waals surface area contributed by atoms with E-state index in [1.165, 1.54) is 0 Å². The van der Waals surface area contributed by atoms with Gasteiger partial charge in [-0.05, 0) is 42.8 Å². The number of rotatable bonds is 9. The molecule has 0 fully saturated rings. The number of hydrogen-bond acceptors (Lipinski definition) is 5. The Labute approximate surface area is 171 Å². The van der Waals surface area contributed by atoms with Crippen LogP contribution in [0.1, 0.15) is 12.0 Å². The van der Waals surface area contributed by atoms with Gasteiger partial charge in [0.25, 0.3) is 5.91 Å². The Hall–Kier alpha value is -2.87. The van der Waals surface area contributed by atoms with Gasteiger partial charge < -0.3 is 20.1 Å². The summed E-state index contributed by atoms with van der Waals surface area (Å²) in [7, 11) is 0. The second-order valence-corrected chi connectivity index (χ2v) is 6.77. The molecule has 8 heteroatoms. The minimum Gasteiger partial charge on any atom is -0.493 e. The third kappa shape index (κ3) is 7.79. The molecule has 2 aromatic carbocycles. The number of aryl methyl sites for hydroxylation is 1. The maximum atomic E-state index is 11.9. The first kappa shape index (κ1) is 21.4. The molecule has 2 amide bonds. The lowest BCUT2D eigenvalue weighted by molar-refractivity contribution is -0.149. The van der Waals surface area contributed by atoms with E-state index in [0.29, 0.717) is 11.4 Å². The number of nitrogens with one attached hydrogen (secondary N) is 2. The summed E-state index contributed by atoms with van der Waals surface area (Å²) >= 11 is 3.35. The fraction of sp³-hybridized carbons (Fsp3) is 0.250. The van der Waals surface area contributed by atoms with E-state index in [-0.39, 0.29) is 25.5 Å². The lowest BCUT2D eigenvalue weighted by atomic mass is 10.2. The van der Waals surface area contributed by atoms with Crippen LogP contribution < -0.4 is 15.4 Å². The van der Waals surface area contributed by atoms with Gasteiger partial charge in [0.15, 0.2) is 6.61 Å². The Morgan fingerprint density at radius 1 is 1.04 bits per heavy atom. The lowest BCUT2D eigenvalue weighted by Gasteiger charge is -2.10. The number of ether oxygens (including phenoxy) is 2. The summed E-state index contributed by atoms with van der Waals surface area (Å²) < 4.78 is 11.1. The molecule has 2 N–H and O–H groups in total. The Kier molecular flexibility index (Phi) is 8.48. The largest absolute Gasteiger partial charge is 0.493 e. The van der Waals surface area contributed by atoms with Crippen molar-refractivity contribution < 1.29 is 23.9 Å². The van der Waals surface area contributed by atoms with Gasteiger partial charge in [0, 0.05) is 10.2 Å². The molecule has 0 heterocycles. The van der Waals surface area contributed by atoms with E-state index >= 15 is 0 Å².